The second-order valence-electron chi connectivity index (χ2n) is 6.38. The van der Waals surface area contributed by atoms with Crippen LogP contribution in [0.15, 0.2) is 42.7 Å². The van der Waals surface area contributed by atoms with Crippen molar-refractivity contribution in [2.75, 3.05) is 49.5 Å². The van der Waals surface area contributed by atoms with Gasteiger partial charge in [-0.1, -0.05) is 6.07 Å². The fraction of sp³-hybridized carbons (Fsp3) is 0.389. The van der Waals surface area contributed by atoms with E-state index in [9.17, 15) is 10.1 Å². The van der Waals surface area contributed by atoms with Gasteiger partial charge >= 0.3 is 0 Å². The van der Waals surface area contributed by atoms with Crippen molar-refractivity contribution in [2.45, 2.75) is 6.54 Å². The van der Waals surface area contributed by atoms with E-state index in [1.54, 1.807) is 18.5 Å². The van der Waals surface area contributed by atoms with E-state index in [4.69, 9.17) is 5.11 Å². The molecule has 8 heteroatoms. The number of nitrogens with one attached hydrogen (secondary N) is 2. The summed E-state index contributed by atoms with van der Waals surface area (Å²) in [7, 11) is 0. The van der Waals surface area contributed by atoms with Gasteiger partial charge in [0, 0.05) is 30.7 Å². The maximum atomic E-state index is 11.3. The van der Waals surface area contributed by atoms with E-state index in [0.29, 0.717) is 12.2 Å². The summed E-state index contributed by atoms with van der Waals surface area (Å²) in [6, 6.07) is 9.00. The lowest BCUT2D eigenvalue weighted by Gasteiger charge is -2.33. The average Bonchev–Trinajstić information content (AvgIpc) is 2.68. The van der Waals surface area contributed by atoms with Crippen LogP contribution in [0.25, 0.3) is 0 Å². The average molecular weight is 358 g/mol. The van der Waals surface area contributed by atoms with Crippen LogP contribution in [0.5, 0.6) is 0 Å². The molecule has 1 aromatic carbocycles. The first-order chi connectivity index (χ1) is 12.7. The molecule has 0 aliphatic carbocycles. The van der Waals surface area contributed by atoms with Crippen LogP contribution in [0.3, 0.4) is 0 Å². The van der Waals surface area contributed by atoms with E-state index in [2.05, 4.69) is 15.2 Å². The van der Waals surface area contributed by atoms with E-state index in [1.165, 1.54) is 4.90 Å². The molecule has 1 saturated heterocycles. The molecule has 1 aliphatic heterocycles. The predicted molar refractivity (Wildman–Crippen MR) is 99.5 cm³/mol. The smallest absolute Gasteiger partial charge is 0.292 e. The Bertz CT molecular complexity index is 733. The van der Waals surface area contributed by atoms with Crippen LogP contribution < -0.4 is 15.1 Å². The second kappa shape index (κ2) is 8.59. The fourth-order valence-electron chi connectivity index (χ4n) is 3.21. The van der Waals surface area contributed by atoms with Gasteiger partial charge in [-0.15, -0.1) is 0 Å². The van der Waals surface area contributed by atoms with Gasteiger partial charge in [0.25, 0.3) is 5.69 Å². The second-order valence-corrected chi connectivity index (χ2v) is 6.38. The Morgan fingerprint density at radius 3 is 2.77 bits per heavy atom. The highest BCUT2D eigenvalue weighted by Gasteiger charge is 2.22. The molecular weight excluding hydrogens is 334 g/mol. The molecule has 0 radical (unpaired) electrons. The molecule has 0 amide bonds. The molecule has 26 heavy (non-hydrogen) atoms. The summed E-state index contributed by atoms with van der Waals surface area (Å²) in [5, 5.41) is 23.6. The lowest BCUT2D eigenvalue weighted by atomic mass is 10.2. The number of aliphatic hydroxyl groups excluding tert-OH is 1. The summed E-state index contributed by atoms with van der Waals surface area (Å²) in [5.41, 5.74) is 2.53. The number of benzene rings is 1. The highest BCUT2D eigenvalue weighted by atomic mass is 16.6. The molecule has 2 heterocycles. The number of nitro benzene ring substituents is 1. The minimum Gasteiger partial charge on any atom is -0.391 e. The Morgan fingerprint density at radius 1 is 1.31 bits per heavy atom. The molecule has 0 saturated carbocycles. The third-order valence-corrected chi connectivity index (χ3v) is 4.68. The number of quaternary nitrogens is 1. The number of nitrogens with zero attached hydrogens (tertiary/aromatic N) is 3. The molecule has 0 unspecified atom stereocenters. The summed E-state index contributed by atoms with van der Waals surface area (Å²) in [5.74, 6) is 0. The summed E-state index contributed by atoms with van der Waals surface area (Å²) in [6.45, 7) is 5.10. The van der Waals surface area contributed by atoms with Crippen molar-refractivity contribution in [3.63, 3.8) is 0 Å². The maximum Gasteiger partial charge on any atom is 0.292 e. The Balaban J connectivity index is 1.73. The van der Waals surface area contributed by atoms with Gasteiger partial charge in [-0.25, -0.2) is 0 Å². The number of hydrogen-bond donors (Lipinski definition) is 3. The first-order valence-electron chi connectivity index (χ1n) is 8.78. The van der Waals surface area contributed by atoms with Crippen molar-refractivity contribution < 1.29 is 14.9 Å². The third kappa shape index (κ3) is 4.47. The van der Waals surface area contributed by atoms with Gasteiger partial charge in [0.2, 0.25) is 0 Å². The third-order valence-electron chi connectivity index (χ3n) is 4.68. The Morgan fingerprint density at radius 2 is 2.12 bits per heavy atom. The lowest BCUT2D eigenvalue weighted by molar-refractivity contribution is -0.900. The zero-order chi connectivity index (χ0) is 18.4. The number of aliphatic hydroxyl groups is 1. The molecule has 1 aromatic heterocycles. The van der Waals surface area contributed by atoms with Crippen LogP contribution in [0.1, 0.15) is 5.56 Å². The van der Waals surface area contributed by atoms with Crippen molar-refractivity contribution in [1.82, 2.24) is 4.98 Å². The van der Waals surface area contributed by atoms with Gasteiger partial charge < -0.3 is 20.2 Å². The van der Waals surface area contributed by atoms with Crippen LogP contribution >= 0.6 is 0 Å². The largest absolute Gasteiger partial charge is 0.391 e. The van der Waals surface area contributed by atoms with Crippen molar-refractivity contribution >= 4 is 17.1 Å². The van der Waals surface area contributed by atoms with E-state index in [-0.39, 0.29) is 17.2 Å². The first kappa shape index (κ1) is 18.1. The van der Waals surface area contributed by atoms with Crippen molar-refractivity contribution in [3.8, 4) is 0 Å². The standard InChI is InChI=1S/C18H23N5O3/c24-11-10-21-6-8-22(9-7-21)16-3-4-18(23(25)26)17(12-16)20-14-15-2-1-5-19-13-15/h1-5,12-13,20,24H,6-11,14H2/p+1. The first-order valence-corrected chi connectivity index (χ1v) is 8.78. The summed E-state index contributed by atoms with van der Waals surface area (Å²) >= 11 is 0. The molecule has 0 spiro atoms. The SMILES string of the molecule is O=[N+]([O-])c1ccc(N2CC[NH+](CCO)CC2)cc1NCc1cccnc1. The normalized spacial score (nSPS) is 15.0. The summed E-state index contributed by atoms with van der Waals surface area (Å²) < 4.78 is 0. The lowest BCUT2D eigenvalue weighted by Crippen LogP contribution is -3.15. The maximum absolute atomic E-state index is 11.3. The Labute approximate surface area is 152 Å². The van der Waals surface area contributed by atoms with Gasteiger partial charge in [0.05, 0.1) is 37.7 Å². The van der Waals surface area contributed by atoms with E-state index < -0.39 is 0 Å². The highest BCUT2D eigenvalue weighted by Crippen LogP contribution is 2.30. The summed E-state index contributed by atoms with van der Waals surface area (Å²) in [4.78, 5) is 18.7. The monoisotopic (exact) mass is 358 g/mol. The quantitative estimate of drug-likeness (QED) is 0.487. The minimum absolute atomic E-state index is 0.0715. The number of rotatable bonds is 7. The van der Waals surface area contributed by atoms with Gasteiger partial charge in [-0.2, -0.15) is 0 Å². The Kier molecular flexibility index (Phi) is 5.98. The van der Waals surface area contributed by atoms with Gasteiger partial charge in [0.1, 0.15) is 12.2 Å². The highest BCUT2D eigenvalue weighted by molar-refractivity contribution is 5.69. The molecular formula is C18H24N5O3+. The van der Waals surface area contributed by atoms with Crippen LogP contribution in [0.4, 0.5) is 17.1 Å². The molecule has 0 bridgehead atoms. The van der Waals surface area contributed by atoms with Gasteiger partial charge in [-0.05, 0) is 23.8 Å². The molecule has 3 rings (SSSR count). The number of piperazine rings is 1. The van der Waals surface area contributed by atoms with E-state index in [1.807, 2.05) is 24.3 Å². The molecule has 8 nitrogen and oxygen atoms in total. The molecule has 138 valence electrons. The summed E-state index contributed by atoms with van der Waals surface area (Å²) in [6.07, 6.45) is 3.44. The predicted octanol–water partition coefficient (Wildman–Crippen LogP) is 0.299. The van der Waals surface area contributed by atoms with Crippen LogP contribution in [0.2, 0.25) is 0 Å². The zero-order valence-corrected chi connectivity index (χ0v) is 14.6. The molecule has 0 atom stereocenters. The Hall–Kier alpha value is -2.71. The van der Waals surface area contributed by atoms with Crippen LogP contribution in [-0.4, -0.2) is 54.3 Å². The fourth-order valence-corrected chi connectivity index (χ4v) is 3.21. The molecule has 1 fully saturated rings. The van der Waals surface area contributed by atoms with Crippen LogP contribution in [-0.2, 0) is 6.54 Å². The topological polar surface area (TPSA) is 96.0 Å². The molecule has 2 aromatic rings. The minimum atomic E-state index is -0.362. The van der Waals surface area contributed by atoms with Crippen molar-refractivity contribution in [1.29, 1.82) is 0 Å². The number of nitro groups is 1. The van der Waals surface area contributed by atoms with Crippen molar-refractivity contribution in [2.24, 2.45) is 0 Å². The van der Waals surface area contributed by atoms with Crippen molar-refractivity contribution in [3.05, 3.63) is 58.4 Å². The van der Waals surface area contributed by atoms with Gasteiger partial charge in [-0.3, -0.25) is 15.1 Å². The van der Waals surface area contributed by atoms with Gasteiger partial charge in [0.15, 0.2) is 0 Å². The van der Waals surface area contributed by atoms with Crippen LogP contribution in [0, 0.1) is 10.1 Å². The molecule has 3 N–H and O–H groups in total. The molecule has 1 aliphatic rings. The zero-order valence-electron chi connectivity index (χ0n) is 14.6. The van der Waals surface area contributed by atoms with E-state index in [0.717, 1.165) is 44.0 Å². The van der Waals surface area contributed by atoms with E-state index >= 15 is 0 Å². The number of pyridine rings is 1. The number of hydrogen-bond acceptors (Lipinski definition) is 6. The number of anilines is 2. The number of aromatic nitrogens is 1.